The third-order valence-electron chi connectivity index (χ3n) is 2.84. The van der Waals surface area contributed by atoms with Gasteiger partial charge in [0.25, 0.3) is 5.89 Å². The Morgan fingerprint density at radius 2 is 2.20 bits per heavy atom. The molecule has 1 aliphatic rings. The molecule has 0 amide bonds. The van der Waals surface area contributed by atoms with Crippen molar-refractivity contribution in [1.29, 1.82) is 0 Å². The van der Waals surface area contributed by atoms with E-state index in [4.69, 9.17) is 14.4 Å². The molecular weight excluding hydrogens is 196 g/mol. The predicted molar refractivity (Wildman–Crippen MR) is 52.0 cm³/mol. The van der Waals surface area contributed by atoms with Crippen LogP contribution in [-0.4, -0.2) is 21.9 Å². The summed E-state index contributed by atoms with van der Waals surface area (Å²) >= 11 is 0. The number of aliphatic hydroxyl groups is 1. The summed E-state index contributed by atoms with van der Waals surface area (Å²) in [7, 11) is 0. The van der Waals surface area contributed by atoms with Crippen LogP contribution in [0, 0.1) is 0 Å². The first-order valence-corrected chi connectivity index (χ1v) is 5.38. The van der Waals surface area contributed by atoms with Crippen LogP contribution >= 0.6 is 0 Å². The van der Waals surface area contributed by atoms with Crippen LogP contribution in [0.1, 0.15) is 44.3 Å². The molecule has 0 atom stereocenters. The molecule has 1 aliphatic carbocycles. The molecule has 15 heavy (non-hydrogen) atoms. The first-order chi connectivity index (χ1) is 7.30. The number of nitrogens with zero attached hydrogens (tertiary/aromatic N) is 2. The fourth-order valence-corrected chi connectivity index (χ4v) is 2.16. The maximum absolute atomic E-state index is 8.87. The lowest BCUT2D eigenvalue weighted by molar-refractivity contribution is -0.0469. The Kier molecular flexibility index (Phi) is 3.02. The molecule has 0 spiro atoms. The van der Waals surface area contributed by atoms with Crippen LogP contribution in [-0.2, 0) is 16.9 Å². The van der Waals surface area contributed by atoms with Crippen molar-refractivity contribution in [2.45, 2.75) is 44.8 Å². The zero-order valence-electron chi connectivity index (χ0n) is 8.90. The average Bonchev–Trinajstić information content (AvgIpc) is 2.85. The number of hydrogen-bond acceptors (Lipinski definition) is 5. The standard InChI is InChI=1S/C10H16N2O3/c1-2-14-10(5-3-4-6-10)9-11-8(7-13)15-12-9/h13H,2-7H2,1H3. The van der Waals surface area contributed by atoms with Crippen LogP contribution in [0.15, 0.2) is 4.52 Å². The van der Waals surface area contributed by atoms with Gasteiger partial charge in [-0.05, 0) is 32.6 Å². The SMILES string of the molecule is CCOC1(c2noc(CO)n2)CCCC1. The molecule has 1 aromatic heterocycles. The Hall–Kier alpha value is -0.940. The van der Waals surface area contributed by atoms with E-state index in [0.717, 1.165) is 25.7 Å². The van der Waals surface area contributed by atoms with Crippen LogP contribution < -0.4 is 0 Å². The Bertz CT molecular complexity index is 318. The van der Waals surface area contributed by atoms with Gasteiger partial charge in [-0.3, -0.25) is 0 Å². The highest BCUT2D eigenvalue weighted by Crippen LogP contribution is 2.40. The first-order valence-electron chi connectivity index (χ1n) is 5.38. The average molecular weight is 212 g/mol. The van der Waals surface area contributed by atoms with E-state index >= 15 is 0 Å². The van der Waals surface area contributed by atoms with E-state index in [1.807, 2.05) is 6.92 Å². The molecular formula is C10H16N2O3. The second-order valence-corrected chi connectivity index (χ2v) is 3.80. The molecule has 0 saturated heterocycles. The lowest BCUT2D eigenvalue weighted by Crippen LogP contribution is -2.27. The predicted octanol–water partition coefficient (Wildman–Crippen LogP) is 1.37. The molecule has 0 unspecified atom stereocenters. The lowest BCUT2D eigenvalue weighted by Gasteiger charge is -2.24. The van der Waals surface area contributed by atoms with Gasteiger partial charge in [0.2, 0.25) is 5.82 Å². The fourth-order valence-electron chi connectivity index (χ4n) is 2.16. The summed E-state index contributed by atoms with van der Waals surface area (Å²) in [6, 6.07) is 0. The van der Waals surface area contributed by atoms with Crippen LogP contribution in [0.3, 0.4) is 0 Å². The van der Waals surface area contributed by atoms with Gasteiger partial charge in [0.15, 0.2) is 0 Å². The maximum Gasteiger partial charge on any atom is 0.252 e. The minimum Gasteiger partial charge on any atom is -0.387 e. The van der Waals surface area contributed by atoms with E-state index in [9.17, 15) is 0 Å². The lowest BCUT2D eigenvalue weighted by atomic mass is 10.0. The molecule has 0 aromatic carbocycles. The molecule has 1 N–H and O–H groups in total. The maximum atomic E-state index is 8.87. The molecule has 5 heteroatoms. The summed E-state index contributed by atoms with van der Waals surface area (Å²) in [6.07, 6.45) is 4.13. The van der Waals surface area contributed by atoms with Crippen LogP contribution in [0.2, 0.25) is 0 Å². The second-order valence-electron chi connectivity index (χ2n) is 3.80. The number of rotatable bonds is 4. The minimum atomic E-state index is -0.369. The molecule has 2 rings (SSSR count). The van der Waals surface area contributed by atoms with Crippen molar-refractivity contribution in [1.82, 2.24) is 10.1 Å². The summed E-state index contributed by atoms with van der Waals surface area (Å²) in [5, 5.41) is 12.8. The number of aromatic nitrogens is 2. The van der Waals surface area contributed by atoms with Crippen molar-refractivity contribution < 1.29 is 14.4 Å². The molecule has 5 nitrogen and oxygen atoms in total. The third-order valence-corrected chi connectivity index (χ3v) is 2.84. The van der Waals surface area contributed by atoms with Gasteiger partial charge >= 0.3 is 0 Å². The Balaban J connectivity index is 2.23. The number of hydrogen-bond donors (Lipinski definition) is 1. The molecule has 0 radical (unpaired) electrons. The summed E-state index contributed by atoms with van der Waals surface area (Å²) in [4.78, 5) is 4.15. The number of aliphatic hydroxyl groups excluding tert-OH is 1. The topological polar surface area (TPSA) is 68.4 Å². The molecule has 1 fully saturated rings. The molecule has 84 valence electrons. The van der Waals surface area contributed by atoms with Crippen molar-refractivity contribution in [3.05, 3.63) is 11.7 Å². The van der Waals surface area contributed by atoms with Gasteiger partial charge < -0.3 is 14.4 Å². The van der Waals surface area contributed by atoms with Crippen molar-refractivity contribution >= 4 is 0 Å². The highest BCUT2D eigenvalue weighted by atomic mass is 16.5. The fraction of sp³-hybridized carbons (Fsp3) is 0.800. The molecule has 1 heterocycles. The van der Waals surface area contributed by atoms with E-state index in [1.165, 1.54) is 0 Å². The summed E-state index contributed by atoms with van der Waals surface area (Å²) in [5.41, 5.74) is -0.369. The summed E-state index contributed by atoms with van der Waals surface area (Å²) in [5.74, 6) is 0.849. The zero-order chi connectivity index (χ0) is 10.7. The summed E-state index contributed by atoms with van der Waals surface area (Å²) < 4.78 is 10.7. The zero-order valence-corrected chi connectivity index (χ0v) is 8.90. The van der Waals surface area contributed by atoms with E-state index in [2.05, 4.69) is 10.1 Å². The monoisotopic (exact) mass is 212 g/mol. The highest BCUT2D eigenvalue weighted by Gasteiger charge is 2.40. The third kappa shape index (κ3) is 1.89. The Morgan fingerprint density at radius 1 is 1.47 bits per heavy atom. The molecule has 0 bridgehead atoms. The van der Waals surface area contributed by atoms with E-state index in [-0.39, 0.29) is 18.1 Å². The van der Waals surface area contributed by atoms with E-state index in [1.54, 1.807) is 0 Å². The van der Waals surface area contributed by atoms with Crippen molar-refractivity contribution in [3.8, 4) is 0 Å². The van der Waals surface area contributed by atoms with Crippen LogP contribution in [0.25, 0.3) is 0 Å². The van der Waals surface area contributed by atoms with Crippen LogP contribution in [0.4, 0.5) is 0 Å². The van der Waals surface area contributed by atoms with E-state index in [0.29, 0.717) is 12.4 Å². The van der Waals surface area contributed by atoms with Gasteiger partial charge in [-0.25, -0.2) is 0 Å². The second kappa shape index (κ2) is 4.28. The number of ether oxygens (including phenoxy) is 1. The van der Waals surface area contributed by atoms with Gasteiger partial charge in [0.1, 0.15) is 12.2 Å². The minimum absolute atomic E-state index is 0.213. The van der Waals surface area contributed by atoms with Gasteiger partial charge in [-0.15, -0.1) is 0 Å². The van der Waals surface area contributed by atoms with Gasteiger partial charge in [-0.1, -0.05) is 5.16 Å². The smallest absolute Gasteiger partial charge is 0.252 e. The van der Waals surface area contributed by atoms with E-state index < -0.39 is 0 Å². The molecule has 0 aliphatic heterocycles. The van der Waals surface area contributed by atoms with Crippen LogP contribution in [0.5, 0.6) is 0 Å². The normalized spacial score (nSPS) is 19.6. The van der Waals surface area contributed by atoms with Crippen molar-refractivity contribution in [2.75, 3.05) is 6.61 Å². The van der Waals surface area contributed by atoms with Gasteiger partial charge in [0.05, 0.1) is 0 Å². The largest absolute Gasteiger partial charge is 0.387 e. The van der Waals surface area contributed by atoms with Crippen molar-refractivity contribution in [3.63, 3.8) is 0 Å². The first kappa shape index (κ1) is 10.6. The molecule has 1 aromatic rings. The highest BCUT2D eigenvalue weighted by molar-refractivity contribution is 5.04. The van der Waals surface area contributed by atoms with Gasteiger partial charge in [0, 0.05) is 6.61 Å². The quantitative estimate of drug-likeness (QED) is 0.816. The Labute approximate surface area is 88.4 Å². The van der Waals surface area contributed by atoms with Crippen molar-refractivity contribution in [2.24, 2.45) is 0 Å². The summed E-state index contributed by atoms with van der Waals surface area (Å²) in [6.45, 7) is 2.39. The Morgan fingerprint density at radius 3 is 2.73 bits per heavy atom. The molecule has 1 saturated carbocycles. The van der Waals surface area contributed by atoms with Gasteiger partial charge in [-0.2, -0.15) is 4.98 Å².